The highest BCUT2D eigenvalue weighted by Gasteiger charge is 2.29. The summed E-state index contributed by atoms with van der Waals surface area (Å²) in [6.07, 6.45) is 7.00. The third kappa shape index (κ3) is 2.99. The number of benzene rings is 2. The van der Waals surface area contributed by atoms with E-state index in [0.717, 1.165) is 24.3 Å². The fourth-order valence-corrected chi connectivity index (χ4v) is 4.03. The molecule has 4 rings (SSSR count). The summed E-state index contributed by atoms with van der Waals surface area (Å²) in [6.45, 7) is 2.32. The van der Waals surface area contributed by atoms with Gasteiger partial charge in [0.05, 0.1) is 0 Å². The minimum absolute atomic E-state index is 0.226. The maximum Gasteiger partial charge on any atom is 0.166 e. The molecule has 0 spiro atoms. The zero-order chi connectivity index (χ0) is 16.7. The van der Waals surface area contributed by atoms with Crippen molar-refractivity contribution in [3.63, 3.8) is 0 Å². The topological polar surface area (TPSA) is 0 Å². The molecule has 2 heteroatoms. The van der Waals surface area contributed by atoms with Gasteiger partial charge in [-0.05, 0) is 60.1 Å². The van der Waals surface area contributed by atoms with Crippen molar-refractivity contribution in [3.05, 3.63) is 59.2 Å². The quantitative estimate of drug-likeness (QED) is 0.581. The van der Waals surface area contributed by atoms with Gasteiger partial charge < -0.3 is 0 Å². The zero-order valence-electron chi connectivity index (χ0n) is 14.2. The monoisotopic (exact) mass is 326 g/mol. The lowest BCUT2D eigenvalue weighted by molar-refractivity contribution is 0.348. The Balaban J connectivity index is 1.58. The average Bonchev–Trinajstić information content (AvgIpc) is 3.43. The molecule has 24 heavy (non-hydrogen) atoms. The molecular formula is C22H24F2. The first-order chi connectivity index (χ1) is 11.6. The Morgan fingerprint density at radius 1 is 0.708 bits per heavy atom. The van der Waals surface area contributed by atoms with E-state index in [2.05, 4.69) is 19.1 Å². The molecule has 0 atom stereocenters. The van der Waals surface area contributed by atoms with Gasteiger partial charge in [-0.1, -0.05) is 56.2 Å². The first-order valence-corrected chi connectivity index (χ1v) is 9.21. The van der Waals surface area contributed by atoms with Crippen molar-refractivity contribution in [1.82, 2.24) is 0 Å². The van der Waals surface area contributed by atoms with Crippen LogP contribution in [0.5, 0.6) is 0 Å². The van der Waals surface area contributed by atoms with Crippen LogP contribution in [0.4, 0.5) is 8.78 Å². The van der Waals surface area contributed by atoms with E-state index >= 15 is 0 Å². The van der Waals surface area contributed by atoms with Crippen LogP contribution in [0, 0.1) is 17.6 Å². The van der Waals surface area contributed by atoms with Crippen LogP contribution in [0.2, 0.25) is 0 Å². The summed E-state index contributed by atoms with van der Waals surface area (Å²) < 4.78 is 28.7. The fourth-order valence-electron chi connectivity index (χ4n) is 4.03. The average molecular weight is 326 g/mol. The summed E-state index contributed by atoms with van der Waals surface area (Å²) in [7, 11) is 0. The Morgan fingerprint density at radius 2 is 1.33 bits per heavy atom. The smallest absolute Gasteiger partial charge is 0.166 e. The molecule has 0 unspecified atom stereocenters. The van der Waals surface area contributed by atoms with Gasteiger partial charge in [-0.25, -0.2) is 8.78 Å². The van der Waals surface area contributed by atoms with Crippen LogP contribution in [0.3, 0.4) is 0 Å². The molecule has 0 aromatic heterocycles. The Labute approximate surface area is 142 Å². The molecule has 2 aromatic carbocycles. The van der Waals surface area contributed by atoms with Crippen LogP contribution >= 0.6 is 0 Å². The number of hydrogen-bond acceptors (Lipinski definition) is 0. The highest BCUT2D eigenvalue weighted by Crippen LogP contribution is 2.43. The van der Waals surface area contributed by atoms with Crippen LogP contribution in [-0.4, -0.2) is 0 Å². The summed E-state index contributed by atoms with van der Waals surface area (Å²) in [5.41, 5.74) is 3.02. The second-order valence-electron chi connectivity index (χ2n) is 7.68. The van der Waals surface area contributed by atoms with E-state index in [1.165, 1.54) is 31.2 Å². The minimum atomic E-state index is -0.696. The van der Waals surface area contributed by atoms with E-state index in [1.807, 2.05) is 12.1 Å². The normalized spacial score (nSPS) is 24.1. The molecule has 0 nitrogen and oxygen atoms in total. The summed E-state index contributed by atoms with van der Waals surface area (Å²) in [5.74, 6) is 0.334. The molecule has 0 aliphatic heterocycles. The third-order valence-corrected chi connectivity index (χ3v) is 5.84. The standard InChI is InChI=1S/C22H24F2/c1-14-2-4-15(5-3-14)16-6-8-17(9-7-16)19-12-13-20(18-10-11-18)22(24)21(19)23/h6-9,12-15,18H,2-5,10-11H2,1H3. The van der Waals surface area contributed by atoms with Gasteiger partial charge in [-0.3, -0.25) is 0 Å². The van der Waals surface area contributed by atoms with Crippen molar-refractivity contribution >= 4 is 0 Å². The van der Waals surface area contributed by atoms with Crippen molar-refractivity contribution in [2.24, 2.45) is 5.92 Å². The highest BCUT2D eigenvalue weighted by atomic mass is 19.2. The van der Waals surface area contributed by atoms with Crippen molar-refractivity contribution in [2.75, 3.05) is 0 Å². The van der Waals surface area contributed by atoms with Gasteiger partial charge in [-0.15, -0.1) is 0 Å². The second-order valence-corrected chi connectivity index (χ2v) is 7.68. The zero-order valence-corrected chi connectivity index (χ0v) is 14.2. The predicted octanol–water partition coefficient (Wildman–Crippen LogP) is 6.80. The Bertz CT molecular complexity index is 720. The molecule has 2 aromatic rings. The largest absolute Gasteiger partial charge is 0.203 e. The van der Waals surface area contributed by atoms with Gasteiger partial charge in [-0.2, -0.15) is 0 Å². The van der Waals surface area contributed by atoms with Crippen LogP contribution in [0.15, 0.2) is 36.4 Å². The molecule has 2 aliphatic carbocycles. The maximum absolute atomic E-state index is 14.5. The summed E-state index contributed by atoms with van der Waals surface area (Å²) in [5, 5.41) is 0. The van der Waals surface area contributed by atoms with Crippen molar-refractivity contribution in [3.8, 4) is 11.1 Å². The van der Waals surface area contributed by atoms with Gasteiger partial charge in [0.25, 0.3) is 0 Å². The Morgan fingerprint density at radius 3 is 1.96 bits per heavy atom. The number of halogens is 2. The maximum atomic E-state index is 14.5. The molecule has 0 amide bonds. The molecule has 126 valence electrons. The van der Waals surface area contributed by atoms with Crippen LogP contribution in [0.1, 0.15) is 68.4 Å². The summed E-state index contributed by atoms with van der Waals surface area (Å²) in [4.78, 5) is 0. The van der Waals surface area contributed by atoms with Crippen LogP contribution in [-0.2, 0) is 0 Å². The van der Waals surface area contributed by atoms with Crippen LogP contribution in [0.25, 0.3) is 11.1 Å². The van der Waals surface area contributed by atoms with E-state index in [4.69, 9.17) is 0 Å². The molecule has 0 saturated heterocycles. The van der Waals surface area contributed by atoms with E-state index in [0.29, 0.717) is 17.0 Å². The molecular weight excluding hydrogens is 302 g/mol. The van der Waals surface area contributed by atoms with E-state index < -0.39 is 11.6 Å². The fraction of sp³-hybridized carbons (Fsp3) is 0.455. The van der Waals surface area contributed by atoms with Crippen molar-refractivity contribution in [1.29, 1.82) is 0 Å². The number of hydrogen-bond donors (Lipinski definition) is 0. The number of rotatable bonds is 3. The minimum Gasteiger partial charge on any atom is -0.203 e. The van der Waals surface area contributed by atoms with E-state index in [9.17, 15) is 8.78 Å². The van der Waals surface area contributed by atoms with Crippen molar-refractivity contribution < 1.29 is 8.78 Å². The lowest BCUT2D eigenvalue weighted by atomic mass is 9.79. The lowest BCUT2D eigenvalue weighted by Crippen LogP contribution is -2.10. The molecule has 0 N–H and O–H groups in total. The van der Waals surface area contributed by atoms with Gasteiger partial charge in [0.1, 0.15) is 0 Å². The molecule has 2 aliphatic rings. The first-order valence-electron chi connectivity index (χ1n) is 9.21. The van der Waals surface area contributed by atoms with Crippen LogP contribution < -0.4 is 0 Å². The molecule has 0 radical (unpaired) electrons. The lowest BCUT2D eigenvalue weighted by Gasteiger charge is -2.26. The second kappa shape index (κ2) is 6.31. The predicted molar refractivity (Wildman–Crippen MR) is 94.1 cm³/mol. The van der Waals surface area contributed by atoms with Crippen molar-refractivity contribution in [2.45, 2.75) is 57.3 Å². The SMILES string of the molecule is CC1CCC(c2ccc(-c3ccc(C4CC4)c(F)c3F)cc2)CC1. The Kier molecular flexibility index (Phi) is 4.15. The van der Waals surface area contributed by atoms with Gasteiger partial charge >= 0.3 is 0 Å². The Hall–Kier alpha value is -1.70. The highest BCUT2D eigenvalue weighted by molar-refractivity contribution is 5.65. The van der Waals surface area contributed by atoms with Gasteiger partial charge in [0.2, 0.25) is 0 Å². The molecule has 2 fully saturated rings. The van der Waals surface area contributed by atoms with E-state index in [1.54, 1.807) is 12.1 Å². The van der Waals surface area contributed by atoms with Gasteiger partial charge in [0, 0.05) is 5.56 Å². The summed E-state index contributed by atoms with van der Waals surface area (Å²) in [6, 6.07) is 11.6. The van der Waals surface area contributed by atoms with E-state index in [-0.39, 0.29) is 5.92 Å². The summed E-state index contributed by atoms with van der Waals surface area (Å²) >= 11 is 0. The molecule has 0 heterocycles. The van der Waals surface area contributed by atoms with Gasteiger partial charge in [0.15, 0.2) is 11.6 Å². The molecule has 2 saturated carbocycles. The first kappa shape index (κ1) is 15.8. The third-order valence-electron chi connectivity index (χ3n) is 5.84. The molecule has 0 bridgehead atoms.